The minimum Gasteiger partial charge on any atom is -0.355 e. The van der Waals surface area contributed by atoms with E-state index in [2.05, 4.69) is 32.6 Å². The molecule has 0 saturated carbocycles. The highest BCUT2D eigenvalue weighted by Crippen LogP contribution is 2.19. The molecule has 1 heterocycles. The van der Waals surface area contributed by atoms with Gasteiger partial charge >= 0.3 is 0 Å². The molecule has 5 nitrogen and oxygen atoms in total. The number of carbonyl (C=O) groups excluding carboxylic acids is 1. The molecule has 128 valence electrons. The number of hydrogen-bond acceptors (Lipinski definition) is 5. The molecular formula is C18H18N4OS2. The van der Waals surface area contributed by atoms with Gasteiger partial charge in [-0.1, -0.05) is 60.3 Å². The molecule has 0 spiro atoms. The first-order valence-corrected chi connectivity index (χ1v) is 9.83. The minimum absolute atomic E-state index is 0.00952. The van der Waals surface area contributed by atoms with Crippen molar-refractivity contribution in [1.29, 1.82) is 0 Å². The third kappa shape index (κ3) is 5.65. The number of nitrogens with zero attached hydrogens (tertiary/aromatic N) is 2. The fourth-order valence-electron chi connectivity index (χ4n) is 2.09. The number of nitrogens with one attached hydrogen (secondary N) is 2. The second-order valence-corrected chi connectivity index (χ2v) is 7.24. The van der Waals surface area contributed by atoms with Crippen LogP contribution in [0.3, 0.4) is 0 Å². The van der Waals surface area contributed by atoms with Gasteiger partial charge in [-0.25, -0.2) is 4.98 Å². The molecule has 25 heavy (non-hydrogen) atoms. The van der Waals surface area contributed by atoms with Gasteiger partial charge in [0.05, 0.1) is 5.75 Å². The maximum atomic E-state index is 11.9. The van der Waals surface area contributed by atoms with Crippen LogP contribution in [0.4, 0.5) is 0 Å². The van der Waals surface area contributed by atoms with Gasteiger partial charge in [-0.15, -0.1) is 16.9 Å². The third-order valence-electron chi connectivity index (χ3n) is 3.28. The van der Waals surface area contributed by atoms with Crippen molar-refractivity contribution in [2.75, 3.05) is 18.1 Å². The van der Waals surface area contributed by atoms with E-state index in [1.54, 1.807) is 11.8 Å². The number of amides is 1. The molecule has 2 N–H and O–H groups in total. The van der Waals surface area contributed by atoms with E-state index in [1.807, 2.05) is 48.5 Å². The highest BCUT2D eigenvalue weighted by Gasteiger charge is 2.08. The zero-order valence-electron chi connectivity index (χ0n) is 13.5. The predicted octanol–water partition coefficient (Wildman–Crippen LogP) is 3.47. The van der Waals surface area contributed by atoms with Crippen molar-refractivity contribution < 1.29 is 4.79 Å². The average molecular weight is 371 g/mol. The van der Waals surface area contributed by atoms with Crippen LogP contribution in [-0.4, -0.2) is 39.1 Å². The lowest BCUT2D eigenvalue weighted by Gasteiger charge is -2.04. The number of carbonyl (C=O) groups is 1. The van der Waals surface area contributed by atoms with Crippen molar-refractivity contribution in [3.63, 3.8) is 0 Å². The van der Waals surface area contributed by atoms with Crippen molar-refractivity contribution in [1.82, 2.24) is 20.5 Å². The predicted molar refractivity (Wildman–Crippen MR) is 103 cm³/mol. The van der Waals surface area contributed by atoms with E-state index in [0.717, 1.165) is 11.3 Å². The summed E-state index contributed by atoms with van der Waals surface area (Å²) in [5.41, 5.74) is 0.976. The Morgan fingerprint density at radius 2 is 1.72 bits per heavy atom. The molecule has 0 saturated heterocycles. The van der Waals surface area contributed by atoms with Gasteiger partial charge in [-0.2, -0.15) is 0 Å². The van der Waals surface area contributed by atoms with E-state index >= 15 is 0 Å². The monoisotopic (exact) mass is 370 g/mol. The molecule has 7 heteroatoms. The summed E-state index contributed by atoms with van der Waals surface area (Å²) in [7, 11) is 0. The van der Waals surface area contributed by atoms with Crippen LogP contribution < -0.4 is 5.32 Å². The molecule has 0 aliphatic carbocycles. The summed E-state index contributed by atoms with van der Waals surface area (Å²) < 4.78 is 0. The molecule has 1 amide bonds. The van der Waals surface area contributed by atoms with Crippen LogP contribution >= 0.6 is 23.5 Å². The van der Waals surface area contributed by atoms with Gasteiger partial charge in [0, 0.05) is 22.8 Å². The molecule has 0 aliphatic heterocycles. The lowest BCUT2D eigenvalue weighted by Crippen LogP contribution is -2.27. The van der Waals surface area contributed by atoms with Gasteiger partial charge in [0.2, 0.25) is 11.1 Å². The number of hydrogen-bond donors (Lipinski definition) is 2. The quantitative estimate of drug-likeness (QED) is 0.469. The first-order chi connectivity index (χ1) is 12.3. The zero-order valence-corrected chi connectivity index (χ0v) is 15.1. The van der Waals surface area contributed by atoms with Crippen molar-refractivity contribution in [2.24, 2.45) is 0 Å². The van der Waals surface area contributed by atoms with Crippen LogP contribution in [-0.2, 0) is 4.79 Å². The number of rotatable bonds is 8. The Labute approximate surface area is 155 Å². The molecule has 0 bridgehead atoms. The summed E-state index contributed by atoms with van der Waals surface area (Å²) in [6.07, 6.45) is 0. The molecule has 0 aliphatic rings. The zero-order chi connectivity index (χ0) is 17.3. The molecule has 0 unspecified atom stereocenters. The topological polar surface area (TPSA) is 70.7 Å². The van der Waals surface area contributed by atoms with Crippen LogP contribution in [0.5, 0.6) is 0 Å². The molecule has 3 aromatic rings. The number of H-pyrrole nitrogens is 1. The molecule has 0 fully saturated rings. The molecule has 0 atom stereocenters. The van der Waals surface area contributed by atoms with Crippen molar-refractivity contribution in [2.45, 2.75) is 10.1 Å². The summed E-state index contributed by atoms with van der Waals surface area (Å²) in [5, 5.41) is 10.5. The van der Waals surface area contributed by atoms with E-state index in [0.29, 0.717) is 23.3 Å². The van der Waals surface area contributed by atoms with Gasteiger partial charge in [-0.3, -0.25) is 9.89 Å². The Kier molecular flexibility index (Phi) is 6.53. The Morgan fingerprint density at radius 1 is 1.00 bits per heavy atom. The first kappa shape index (κ1) is 17.6. The van der Waals surface area contributed by atoms with Crippen molar-refractivity contribution in [3.8, 4) is 11.4 Å². The van der Waals surface area contributed by atoms with Crippen LogP contribution in [0.2, 0.25) is 0 Å². The summed E-state index contributed by atoms with van der Waals surface area (Å²) in [4.78, 5) is 17.5. The van der Waals surface area contributed by atoms with Gasteiger partial charge in [0.1, 0.15) is 0 Å². The maximum Gasteiger partial charge on any atom is 0.230 e. The highest BCUT2D eigenvalue weighted by molar-refractivity contribution is 7.99. The summed E-state index contributed by atoms with van der Waals surface area (Å²) >= 11 is 3.05. The van der Waals surface area contributed by atoms with E-state index in [4.69, 9.17) is 0 Å². The summed E-state index contributed by atoms with van der Waals surface area (Å²) in [6, 6.07) is 19.9. The number of aromatic nitrogens is 3. The van der Waals surface area contributed by atoms with Crippen LogP contribution in [0.15, 0.2) is 70.7 Å². The van der Waals surface area contributed by atoms with Crippen molar-refractivity contribution in [3.05, 3.63) is 60.7 Å². The lowest BCUT2D eigenvalue weighted by molar-refractivity contribution is -0.118. The molecule has 0 radical (unpaired) electrons. The maximum absolute atomic E-state index is 11.9. The Bertz CT molecular complexity index is 793. The second kappa shape index (κ2) is 9.29. The van der Waals surface area contributed by atoms with E-state index in [-0.39, 0.29) is 5.91 Å². The average Bonchev–Trinajstić information content (AvgIpc) is 3.14. The fourth-order valence-corrected chi connectivity index (χ4v) is 3.51. The van der Waals surface area contributed by atoms with Gasteiger partial charge in [0.15, 0.2) is 5.82 Å². The van der Waals surface area contributed by atoms with E-state index in [1.165, 1.54) is 16.7 Å². The van der Waals surface area contributed by atoms with E-state index < -0.39 is 0 Å². The van der Waals surface area contributed by atoms with E-state index in [9.17, 15) is 4.79 Å². The van der Waals surface area contributed by atoms with Crippen molar-refractivity contribution >= 4 is 29.4 Å². The normalized spacial score (nSPS) is 10.6. The van der Waals surface area contributed by atoms with Gasteiger partial charge in [0.25, 0.3) is 0 Å². The standard InChI is InChI=1S/C18H18N4OS2/c23-16(19-11-12-24-15-9-5-2-6-10-15)13-25-18-20-17(21-22-18)14-7-3-1-4-8-14/h1-10H,11-13H2,(H,19,23)(H,20,21,22). The first-order valence-electron chi connectivity index (χ1n) is 7.86. The fraction of sp³-hybridized carbons (Fsp3) is 0.167. The number of thioether (sulfide) groups is 2. The van der Waals surface area contributed by atoms with Gasteiger partial charge in [-0.05, 0) is 12.1 Å². The number of benzene rings is 2. The lowest BCUT2D eigenvalue weighted by atomic mass is 10.2. The summed E-state index contributed by atoms with van der Waals surface area (Å²) in [6.45, 7) is 0.641. The Balaban J connectivity index is 1.37. The molecule has 2 aromatic carbocycles. The number of aromatic amines is 1. The van der Waals surface area contributed by atoms with Gasteiger partial charge < -0.3 is 5.32 Å². The Morgan fingerprint density at radius 3 is 2.48 bits per heavy atom. The third-order valence-corrected chi connectivity index (χ3v) is 5.14. The van der Waals surface area contributed by atoms with Crippen LogP contribution in [0.25, 0.3) is 11.4 Å². The molecular weight excluding hydrogens is 352 g/mol. The Hall–Kier alpha value is -2.25. The van der Waals surface area contributed by atoms with Crippen LogP contribution in [0.1, 0.15) is 0 Å². The van der Waals surface area contributed by atoms with Crippen LogP contribution in [0, 0.1) is 0 Å². The molecule has 1 aromatic heterocycles. The minimum atomic E-state index is -0.00952. The SMILES string of the molecule is O=C(CSc1n[nH]c(-c2ccccc2)n1)NCCSc1ccccc1. The second-order valence-electron chi connectivity index (χ2n) is 5.13. The highest BCUT2D eigenvalue weighted by atomic mass is 32.2. The summed E-state index contributed by atoms with van der Waals surface area (Å²) in [5.74, 6) is 1.86. The smallest absolute Gasteiger partial charge is 0.230 e. The largest absolute Gasteiger partial charge is 0.355 e. The molecule has 3 rings (SSSR count).